The SMILES string of the molecule is Clc1nc(C2CCCO2)nc2cnccc12. The number of aromatic nitrogens is 3. The molecule has 1 aliphatic heterocycles. The number of fused-ring (bicyclic) bond motifs is 1. The summed E-state index contributed by atoms with van der Waals surface area (Å²) < 4.78 is 5.54. The minimum atomic E-state index is -0.0119. The smallest absolute Gasteiger partial charge is 0.159 e. The lowest BCUT2D eigenvalue weighted by Crippen LogP contribution is -2.03. The molecule has 0 saturated carbocycles. The lowest BCUT2D eigenvalue weighted by molar-refractivity contribution is 0.105. The van der Waals surface area contributed by atoms with Gasteiger partial charge in [0, 0.05) is 18.2 Å². The third kappa shape index (κ3) is 1.64. The van der Waals surface area contributed by atoms with Gasteiger partial charge < -0.3 is 4.74 Å². The van der Waals surface area contributed by atoms with Crippen LogP contribution < -0.4 is 0 Å². The summed E-state index contributed by atoms with van der Waals surface area (Å²) in [7, 11) is 0. The Morgan fingerprint density at radius 1 is 1.38 bits per heavy atom. The predicted octanol–water partition coefficient (Wildman–Crippen LogP) is 2.53. The quantitative estimate of drug-likeness (QED) is 0.713. The molecule has 16 heavy (non-hydrogen) atoms. The van der Waals surface area contributed by atoms with E-state index >= 15 is 0 Å². The molecule has 5 heteroatoms. The molecule has 0 radical (unpaired) electrons. The molecule has 0 amide bonds. The minimum Gasteiger partial charge on any atom is -0.370 e. The second-order valence-corrected chi connectivity index (χ2v) is 4.13. The van der Waals surface area contributed by atoms with Crippen LogP contribution in [0.25, 0.3) is 10.9 Å². The van der Waals surface area contributed by atoms with E-state index in [1.807, 2.05) is 6.07 Å². The largest absolute Gasteiger partial charge is 0.370 e. The summed E-state index contributed by atoms with van der Waals surface area (Å²) in [5.41, 5.74) is 0.771. The van der Waals surface area contributed by atoms with Crippen LogP contribution in [0.5, 0.6) is 0 Å². The maximum Gasteiger partial charge on any atom is 0.159 e. The molecule has 3 heterocycles. The van der Waals surface area contributed by atoms with Crippen molar-refractivity contribution in [1.82, 2.24) is 15.0 Å². The van der Waals surface area contributed by atoms with E-state index < -0.39 is 0 Å². The van der Waals surface area contributed by atoms with Gasteiger partial charge in [0.1, 0.15) is 11.3 Å². The van der Waals surface area contributed by atoms with Crippen molar-refractivity contribution in [2.24, 2.45) is 0 Å². The van der Waals surface area contributed by atoms with Crippen molar-refractivity contribution in [1.29, 1.82) is 0 Å². The summed E-state index contributed by atoms with van der Waals surface area (Å²) in [4.78, 5) is 12.8. The first-order valence-corrected chi connectivity index (χ1v) is 5.61. The first-order valence-electron chi connectivity index (χ1n) is 5.23. The summed E-state index contributed by atoms with van der Waals surface area (Å²) in [5, 5.41) is 1.30. The van der Waals surface area contributed by atoms with E-state index in [0.717, 1.165) is 30.4 Å². The van der Waals surface area contributed by atoms with Gasteiger partial charge in [-0.25, -0.2) is 9.97 Å². The zero-order chi connectivity index (χ0) is 11.0. The number of ether oxygens (including phenoxy) is 1. The van der Waals surface area contributed by atoms with E-state index in [1.54, 1.807) is 12.4 Å². The average Bonchev–Trinajstić information content (AvgIpc) is 2.82. The van der Waals surface area contributed by atoms with Crippen LogP contribution in [0, 0.1) is 0 Å². The fraction of sp³-hybridized carbons (Fsp3) is 0.364. The number of halogens is 1. The van der Waals surface area contributed by atoms with Crippen molar-refractivity contribution in [3.05, 3.63) is 29.4 Å². The van der Waals surface area contributed by atoms with Crippen LogP contribution in [0.1, 0.15) is 24.8 Å². The van der Waals surface area contributed by atoms with Gasteiger partial charge in [-0.15, -0.1) is 0 Å². The van der Waals surface area contributed by atoms with Crippen molar-refractivity contribution in [2.75, 3.05) is 6.61 Å². The standard InChI is InChI=1S/C11H10ClN3O/c12-10-7-3-4-13-6-8(7)14-11(15-10)9-2-1-5-16-9/h3-4,6,9H,1-2,5H2. The molecule has 0 aliphatic carbocycles. The Hall–Kier alpha value is -1.26. The van der Waals surface area contributed by atoms with E-state index in [9.17, 15) is 0 Å². The lowest BCUT2D eigenvalue weighted by Gasteiger charge is -2.09. The van der Waals surface area contributed by atoms with Crippen LogP contribution in [0.3, 0.4) is 0 Å². The van der Waals surface area contributed by atoms with Gasteiger partial charge in [0.25, 0.3) is 0 Å². The summed E-state index contributed by atoms with van der Waals surface area (Å²) in [6.07, 6.45) is 5.38. The second kappa shape index (κ2) is 3.96. The van der Waals surface area contributed by atoms with E-state index in [-0.39, 0.29) is 6.10 Å². The van der Waals surface area contributed by atoms with Gasteiger partial charge in [-0.1, -0.05) is 11.6 Å². The van der Waals surface area contributed by atoms with Gasteiger partial charge in [0.2, 0.25) is 0 Å². The van der Waals surface area contributed by atoms with Crippen LogP contribution in [-0.4, -0.2) is 21.6 Å². The van der Waals surface area contributed by atoms with E-state index in [2.05, 4.69) is 15.0 Å². The summed E-state index contributed by atoms with van der Waals surface area (Å²) in [5.74, 6) is 0.669. The molecule has 0 N–H and O–H groups in total. The molecule has 2 aromatic rings. The Bertz CT molecular complexity index is 526. The monoisotopic (exact) mass is 235 g/mol. The number of rotatable bonds is 1. The summed E-state index contributed by atoms with van der Waals surface area (Å²) in [6, 6.07) is 1.82. The molecule has 1 aliphatic rings. The Labute approximate surface area is 97.6 Å². The highest BCUT2D eigenvalue weighted by molar-refractivity contribution is 6.34. The molecule has 3 rings (SSSR count). The minimum absolute atomic E-state index is 0.0119. The second-order valence-electron chi connectivity index (χ2n) is 3.77. The van der Waals surface area contributed by atoms with Crippen molar-refractivity contribution in [3.63, 3.8) is 0 Å². The van der Waals surface area contributed by atoms with Crippen molar-refractivity contribution in [2.45, 2.75) is 18.9 Å². The lowest BCUT2D eigenvalue weighted by atomic mass is 10.2. The molecule has 1 unspecified atom stereocenters. The Balaban J connectivity index is 2.13. The number of nitrogens with zero attached hydrogens (tertiary/aromatic N) is 3. The molecule has 82 valence electrons. The number of hydrogen-bond acceptors (Lipinski definition) is 4. The molecule has 0 spiro atoms. The van der Waals surface area contributed by atoms with Crippen LogP contribution in [0.4, 0.5) is 0 Å². The highest BCUT2D eigenvalue weighted by Crippen LogP contribution is 2.28. The zero-order valence-electron chi connectivity index (χ0n) is 8.56. The average molecular weight is 236 g/mol. The molecule has 2 aromatic heterocycles. The fourth-order valence-electron chi connectivity index (χ4n) is 1.88. The maximum absolute atomic E-state index is 6.11. The van der Waals surface area contributed by atoms with Gasteiger partial charge in [0.15, 0.2) is 5.82 Å². The molecule has 0 aromatic carbocycles. The molecular weight excluding hydrogens is 226 g/mol. The van der Waals surface area contributed by atoms with Gasteiger partial charge in [-0.05, 0) is 18.9 Å². The van der Waals surface area contributed by atoms with Crippen LogP contribution in [-0.2, 0) is 4.74 Å². The molecule has 4 nitrogen and oxygen atoms in total. The molecule has 1 fully saturated rings. The van der Waals surface area contributed by atoms with Crippen molar-refractivity contribution >= 4 is 22.5 Å². The summed E-state index contributed by atoms with van der Waals surface area (Å²) >= 11 is 6.11. The Morgan fingerprint density at radius 3 is 3.12 bits per heavy atom. The van der Waals surface area contributed by atoms with Crippen LogP contribution in [0.2, 0.25) is 5.15 Å². The van der Waals surface area contributed by atoms with Crippen molar-refractivity contribution < 1.29 is 4.74 Å². The van der Waals surface area contributed by atoms with E-state index in [1.165, 1.54) is 0 Å². The highest BCUT2D eigenvalue weighted by atomic mass is 35.5. The topological polar surface area (TPSA) is 47.9 Å². The fourth-order valence-corrected chi connectivity index (χ4v) is 2.13. The van der Waals surface area contributed by atoms with Gasteiger partial charge in [-0.3, -0.25) is 4.98 Å². The van der Waals surface area contributed by atoms with Gasteiger partial charge in [-0.2, -0.15) is 0 Å². The molecule has 0 bridgehead atoms. The summed E-state index contributed by atoms with van der Waals surface area (Å²) in [6.45, 7) is 0.775. The van der Waals surface area contributed by atoms with Gasteiger partial charge in [0.05, 0.1) is 11.7 Å². The number of hydrogen-bond donors (Lipinski definition) is 0. The Kier molecular flexibility index (Phi) is 2.46. The zero-order valence-corrected chi connectivity index (χ0v) is 9.31. The van der Waals surface area contributed by atoms with E-state index in [4.69, 9.17) is 16.3 Å². The third-order valence-corrected chi connectivity index (χ3v) is 2.98. The highest BCUT2D eigenvalue weighted by Gasteiger charge is 2.21. The first-order chi connectivity index (χ1) is 7.84. The molecule has 1 saturated heterocycles. The Morgan fingerprint density at radius 2 is 2.31 bits per heavy atom. The predicted molar refractivity (Wildman–Crippen MR) is 60.3 cm³/mol. The van der Waals surface area contributed by atoms with Crippen molar-refractivity contribution in [3.8, 4) is 0 Å². The van der Waals surface area contributed by atoms with Crippen LogP contribution in [0.15, 0.2) is 18.5 Å². The molecular formula is C11H10ClN3O. The molecule has 1 atom stereocenters. The van der Waals surface area contributed by atoms with Gasteiger partial charge >= 0.3 is 0 Å². The maximum atomic E-state index is 6.11. The van der Waals surface area contributed by atoms with E-state index in [0.29, 0.717) is 11.0 Å². The van der Waals surface area contributed by atoms with Crippen LogP contribution >= 0.6 is 11.6 Å². The third-order valence-electron chi connectivity index (χ3n) is 2.69. The first kappa shape index (κ1) is 9.93. The number of pyridine rings is 1. The normalized spacial score (nSPS) is 20.4.